The highest BCUT2D eigenvalue weighted by Crippen LogP contribution is 2.10. The molecule has 0 aromatic carbocycles. The molecule has 0 N–H and O–H groups in total. The summed E-state index contributed by atoms with van der Waals surface area (Å²) in [6.45, 7) is 1.89. The molecule has 0 saturated heterocycles. The second-order valence-electron chi connectivity index (χ2n) is 1.50. The fourth-order valence-corrected chi connectivity index (χ4v) is 0.548. The molecule has 0 bridgehead atoms. The number of aldehydes is 1. The average molecular weight is 155 g/mol. The molecule has 0 fully saturated rings. The zero-order valence-corrected chi connectivity index (χ0v) is 6.12. The van der Waals surface area contributed by atoms with E-state index in [4.69, 9.17) is 23.2 Å². The predicted molar refractivity (Wildman–Crippen MR) is 35.6 cm³/mol. The van der Waals surface area contributed by atoms with Crippen LogP contribution < -0.4 is 0 Å². The molecule has 0 aliphatic rings. The van der Waals surface area contributed by atoms with Crippen molar-refractivity contribution in [3.63, 3.8) is 0 Å². The van der Waals surface area contributed by atoms with Crippen LogP contribution in [0.1, 0.15) is 13.3 Å². The molecule has 0 saturated carbocycles. The van der Waals surface area contributed by atoms with Crippen molar-refractivity contribution < 1.29 is 4.79 Å². The quantitative estimate of drug-likeness (QED) is 0.448. The first-order valence-electron chi connectivity index (χ1n) is 2.45. The average Bonchev–Trinajstić information content (AvgIpc) is 1.84. The Kier molecular flexibility index (Phi) is 4.29. The van der Waals surface area contributed by atoms with Crippen molar-refractivity contribution in [2.24, 2.45) is 0 Å². The molecule has 0 aliphatic heterocycles. The van der Waals surface area contributed by atoms with Crippen molar-refractivity contribution in [2.75, 3.05) is 0 Å². The fraction of sp³-hybridized carbons (Fsp3) is 0.800. The molecule has 48 valence electrons. The summed E-state index contributed by atoms with van der Waals surface area (Å²) in [5.41, 5.74) is 0. The normalized spacial score (nSPS) is 17.4. The third kappa shape index (κ3) is 2.53. The van der Waals surface area contributed by atoms with Crippen LogP contribution in [0.2, 0.25) is 0 Å². The molecule has 3 heteroatoms. The van der Waals surface area contributed by atoms with Crippen molar-refractivity contribution in [1.82, 2.24) is 0 Å². The third-order valence-electron chi connectivity index (χ3n) is 0.866. The number of carbonyl (C=O) groups excluding carboxylic acids is 1. The number of rotatable bonds is 3. The first-order chi connectivity index (χ1) is 3.72. The third-order valence-corrected chi connectivity index (χ3v) is 1.98. The molecule has 1 nitrogen and oxygen atoms in total. The Hall–Kier alpha value is 0.250. The van der Waals surface area contributed by atoms with Crippen LogP contribution in [-0.2, 0) is 4.79 Å². The standard InChI is InChI=1S/C5H8Cl2O/c1-2-4(6)5(7)3-8/h3-5H,2H2,1H3. The molecule has 0 rings (SSSR count). The number of alkyl halides is 2. The number of hydrogen-bond acceptors (Lipinski definition) is 1. The first-order valence-corrected chi connectivity index (χ1v) is 3.33. The minimum absolute atomic E-state index is 0.214. The van der Waals surface area contributed by atoms with Gasteiger partial charge in [0.05, 0.1) is 5.38 Å². The van der Waals surface area contributed by atoms with Crippen LogP contribution in [0.25, 0.3) is 0 Å². The van der Waals surface area contributed by atoms with E-state index in [2.05, 4.69) is 0 Å². The molecule has 0 aromatic rings. The van der Waals surface area contributed by atoms with Gasteiger partial charge in [-0.3, -0.25) is 0 Å². The van der Waals surface area contributed by atoms with E-state index in [9.17, 15) is 4.79 Å². The van der Waals surface area contributed by atoms with Crippen molar-refractivity contribution in [3.8, 4) is 0 Å². The maximum absolute atomic E-state index is 9.89. The van der Waals surface area contributed by atoms with Crippen LogP contribution in [0.15, 0.2) is 0 Å². The molecule has 0 radical (unpaired) electrons. The van der Waals surface area contributed by atoms with Crippen molar-refractivity contribution in [3.05, 3.63) is 0 Å². The monoisotopic (exact) mass is 154 g/mol. The first kappa shape index (κ1) is 8.25. The summed E-state index contributed by atoms with van der Waals surface area (Å²) < 4.78 is 0. The molecule has 0 aromatic heterocycles. The molecule has 0 spiro atoms. The van der Waals surface area contributed by atoms with Gasteiger partial charge in [-0.25, -0.2) is 0 Å². The van der Waals surface area contributed by atoms with Gasteiger partial charge in [0.1, 0.15) is 11.7 Å². The Bertz CT molecular complexity index is 74.8. The molecular formula is C5H8Cl2O. The summed E-state index contributed by atoms with van der Waals surface area (Å²) in [5.74, 6) is 0. The molecule has 2 unspecified atom stereocenters. The number of carbonyl (C=O) groups is 1. The summed E-state index contributed by atoms with van der Waals surface area (Å²) in [7, 11) is 0. The van der Waals surface area contributed by atoms with E-state index in [1.54, 1.807) is 0 Å². The Balaban J connectivity index is 3.44. The van der Waals surface area contributed by atoms with Gasteiger partial charge in [-0.2, -0.15) is 0 Å². The lowest BCUT2D eigenvalue weighted by Gasteiger charge is -2.04. The Morgan fingerprint density at radius 2 is 2.12 bits per heavy atom. The lowest BCUT2D eigenvalue weighted by molar-refractivity contribution is -0.107. The van der Waals surface area contributed by atoms with Crippen molar-refractivity contribution in [2.45, 2.75) is 24.1 Å². The SMILES string of the molecule is CCC(Cl)C(Cl)C=O. The highest BCUT2D eigenvalue weighted by molar-refractivity contribution is 6.35. The molecule has 0 amide bonds. The van der Waals surface area contributed by atoms with E-state index in [1.807, 2.05) is 6.92 Å². The van der Waals surface area contributed by atoms with Gasteiger partial charge >= 0.3 is 0 Å². The van der Waals surface area contributed by atoms with Gasteiger partial charge in [-0.05, 0) is 6.42 Å². The second kappa shape index (κ2) is 4.16. The topological polar surface area (TPSA) is 17.1 Å². The number of halogens is 2. The van der Waals surface area contributed by atoms with Crippen LogP contribution in [0, 0.1) is 0 Å². The largest absolute Gasteiger partial charge is 0.302 e. The van der Waals surface area contributed by atoms with Gasteiger partial charge in [0.25, 0.3) is 0 Å². The zero-order chi connectivity index (χ0) is 6.57. The highest BCUT2D eigenvalue weighted by Gasteiger charge is 2.11. The molecular weight excluding hydrogens is 147 g/mol. The maximum Gasteiger partial charge on any atom is 0.139 e. The van der Waals surface area contributed by atoms with Gasteiger partial charge in [0.15, 0.2) is 0 Å². The van der Waals surface area contributed by atoms with Gasteiger partial charge in [0.2, 0.25) is 0 Å². The summed E-state index contributed by atoms with van der Waals surface area (Å²) >= 11 is 11.0. The van der Waals surface area contributed by atoms with E-state index in [0.29, 0.717) is 6.29 Å². The maximum atomic E-state index is 9.89. The Labute approximate surface area is 59.0 Å². The Morgan fingerprint density at radius 1 is 1.62 bits per heavy atom. The van der Waals surface area contributed by atoms with Crippen molar-refractivity contribution >= 4 is 29.5 Å². The second-order valence-corrected chi connectivity index (χ2v) is 2.57. The Morgan fingerprint density at radius 3 is 2.25 bits per heavy atom. The van der Waals surface area contributed by atoms with E-state index >= 15 is 0 Å². The lowest BCUT2D eigenvalue weighted by atomic mass is 10.2. The molecule has 0 heterocycles. The minimum atomic E-state index is -0.526. The molecule has 2 atom stereocenters. The van der Waals surface area contributed by atoms with Crippen molar-refractivity contribution in [1.29, 1.82) is 0 Å². The van der Waals surface area contributed by atoms with Crippen LogP contribution in [0.5, 0.6) is 0 Å². The predicted octanol–water partition coefficient (Wildman–Crippen LogP) is 1.81. The zero-order valence-electron chi connectivity index (χ0n) is 4.60. The summed E-state index contributed by atoms with van der Waals surface area (Å²) in [6, 6.07) is 0. The van der Waals surface area contributed by atoms with Crippen LogP contribution >= 0.6 is 23.2 Å². The smallest absolute Gasteiger partial charge is 0.139 e. The fourth-order valence-electron chi connectivity index (χ4n) is 0.310. The van der Waals surface area contributed by atoms with Gasteiger partial charge in [-0.15, -0.1) is 23.2 Å². The van der Waals surface area contributed by atoms with E-state index in [1.165, 1.54) is 0 Å². The summed E-state index contributed by atoms with van der Waals surface area (Å²) in [5, 5.41) is -0.740. The summed E-state index contributed by atoms with van der Waals surface area (Å²) in [6.07, 6.45) is 1.39. The molecule has 0 aliphatic carbocycles. The van der Waals surface area contributed by atoms with Gasteiger partial charge < -0.3 is 4.79 Å². The van der Waals surface area contributed by atoms with E-state index < -0.39 is 5.38 Å². The minimum Gasteiger partial charge on any atom is -0.302 e. The highest BCUT2D eigenvalue weighted by atomic mass is 35.5. The summed E-state index contributed by atoms with van der Waals surface area (Å²) in [4.78, 5) is 9.89. The van der Waals surface area contributed by atoms with Crippen LogP contribution in [0.4, 0.5) is 0 Å². The van der Waals surface area contributed by atoms with E-state index in [-0.39, 0.29) is 5.38 Å². The van der Waals surface area contributed by atoms with Gasteiger partial charge in [-0.1, -0.05) is 6.92 Å². The van der Waals surface area contributed by atoms with Crippen LogP contribution in [0.3, 0.4) is 0 Å². The van der Waals surface area contributed by atoms with E-state index in [0.717, 1.165) is 6.42 Å². The van der Waals surface area contributed by atoms with Gasteiger partial charge in [0, 0.05) is 0 Å². The van der Waals surface area contributed by atoms with Crippen LogP contribution in [-0.4, -0.2) is 17.0 Å². The lowest BCUT2D eigenvalue weighted by Crippen LogP contribution is -2.14. The number of hydrogen-bond donors (Lipinski definition) is 0. The molecule has 8 heavy (non-hydrogen) atoms.